The zero-order valence-corrected chi connectivity index (χ0v) is 6.65. The number of rotatable bonds is 3. The molecule has 0 saturated heterocycles. The smallest absolute Gasteiger partial charge is 0.0727 e. The van der Waals surface area contributed by atoms with Gasteiger partial charge in [0.1, 0.15) is 0 Å². The van der Waals surface area contributed by atoms with Crippen LogP contribution in [0.4, 0.5) is 0 Å². The Bertz CT molecular complexity index is 149. The van der Waals surface area contributed by atoms with E-state index in [0.717, 1.165) is 19.3 Å². The van der Waals surface area contributed by atoms with E-state index in [2.05, 4.69) is 18.3 Å². The van der Waals surface area contributed by atoms with Crippen molar-refractivity contribution in [1.82, 2.24) is 5.32 Å². The second kappa shape index (κ2) is 2.59. The van der Waals surface area contributed by atoms with Crippen LogP contribution in [0.3, 0.4) is 0 Å². The fourth-order valence-corrected chi connectivity index (χ4v) is 1.54. The van der Waals surface area contributed by atoms with Crippen LogP contribution < -0.4 is 5.32 Å². The van der Waals surface area contributed by atoms with Gasteiger partial charge in [0.05, 0.1) is 11.5 Å². The molecule has 1 aliphatic rings. The van der Waals surface area contributed by atoms with Gasteiger partial charge in [0.2, 0.25) is 0 Å². The summed E-state index contributed by atoms with van der Waals surface area (Å²) in [6.45, 7) is 2.12. The van der Waals surface area contributed by atoms with Crippen LogP contribution in [0.2, 0.25) is 0 Å². The lowest BCUT2D eigenvalue weighted by Crippen LogP contribution is -2.33. The van der Waals surface area contributed by atoms with Gasteiger partial charge in [-0.05, 0) is 26.3 Å². The third kappa shape index (κ3) is 1.02. The number of hydrogen-bond acceptors (Lipinski definition) is 2. The van der Waals surface area contributed by atoms with Crippen molar-refractivity contribution >= 4 is 0 Å². The first-order valence-corrected chi connectivity index (χ1v) is 3.87. The van der Waals surface area contributed by atoms with E-state index in [-0.39, 0.29) is 5.41 Å². The lowest BCUT2D eigenvalue weighted by Gasteiger charge is -2.17. The molecule has 1 unspecified atom stereocenters. The molecule has 0 aromatic heterocycles. The fourth-order valence-electron chi connectivity index (χ4n) is 1.54. The summed E-state index contributed by atoms with van der Waals surface area (Å²) in [5.41, 5.74) is 0.00347. The van der Waals surface area contributed by atoms with Crippen LogP contribution >= 0.6 is 0 Å². The largest absolute Gasteiger partial charge is 0.315 e. The molecule has 56 valence electrons. The third-order valence-corrected chi connectivity index (χ3v) is 2.44. The Hall–Kier alpha value is -0.550. The van der Waals surface area contributed by atoms with Crippen molar-refractivity contribution in [2.24, 2.45) is 5.41 Å². The molecule has 0 aromatic carbocycles. The maximum atomic E-state index is 8.80. The number of nitriles is 1. The summed E-state index contributed by atoms with van der Waals surface area (Å²) in [5, 5.41) is 12.0. The summed E-state index contributed by atoms with van der Waals surface area (Å²) < 4.78 is 0. The first-order valence-electron chi connectivity index (χ1n) is 3.87. The van der Waals surface area contributed by atoms with Crippen molar-refractivity contribution in [3.8, 4) is 6.07 Å². The van der Waals surface area contributed by atoms with Crippen molar-refractivity contribution in [3.63, 3.8) is 0 Å². The molecule has 1 N–H and O–H groups in total. The van der Waals surface area contributed by atoms with E-state index in [1.54, 1.807) is 0 Å². The molecule has 0 heterocycles. The van der Waals surface area contributed by atoms with Gasteiger partial charge in [-0.3, -0.25) is 0 Å². The van der Waals surface area contributed by atoms with Crippen LogP contribution in [-0.4, -0.2) is 13.1 Å². The predicted octanol–water partition coefficient (Wildman–Crippen LogP) is 1.29. The molecule has 1 rings (SSSR count). The third-order valence-electron chi connectivity index (χ3n) is 2.44. The molecule has 1 saturated carbocycles. The van der Waals surface area contributed by atoms with E-state index in [1.807, 2.05) is 7.05 Å². The zero-order chi connectivity index (χ0) is 7.61. The minimum absolute atomic E-state index is 0.00347. The van der Waals surface area contributed by atoms with Crippen LogP contribution in [-0.2, 0) is 0 Å². The Balaban J connectivity index is 2.54. The van der Waals surface area contributed by atoms with E-state index in [0.29, 0.717) is 6.04 Å². The summed E-state index contributed by atoms with van der Waals surface area (Å²) >= 11 is 0. The van der Waals surface area contributed by atoms with E-state index in [9.17, 15) is 0 Å². The summed E-state index contributed by atoms with van der Waals surface area (Å²) in [4.78, 5) is 0. The van der Waals surface area contributed by atoms with Crippen LogP contribution in [0.5, 0.6) is 0 Å². The Morgan fingerprint density at radius 2 is 2.30 bits per heavy atom. The summed E-state index contributed by atoms with van der Waals surface area (Å²) in [6.07, 6.45) is 3.23. The highest BCUT2D eigenvalue weighted by Crippen LogP contribution is 2.48. The Morgan fingerprint density at radius 1 is 1.70 bits per heavy atom. The Labute approximate surface area is 62.2 Å². The maximum Gasteiger partial charge on any atom is 0.0727 e. The molecule has 0 amide bonds. The summed E-state index contributed by atoms with van der Waals surface area (Å²) in [5.74, 6) is 0. The minimum Gasteiger partial charge on any atom is -0.315 e. The van der Waals surface area contributed by atoms with E-state index in [1.165, 1.54) is 0 Å². The standard InChI is InChI=1S/C8H14N2/c1-3-7(10-2)8(6-9)4-5-8/h7,10H,3-5H2,1-2H3. The predicted molar refractivity (Wildman–Crippen MR) is 40.4 cm³/mol. The molecule has 1 fully saturated rings. The monoisotopic (exact) mass is 138 g/mol. The maximum absolute atomic E-state index is 8.80. The first-order chi connectivity index (χ1) is 4.79. The van der Waals surface area contributed by atoms with Gasteiger partial charge in [-0.2, -0.15) is 5.26 Å². The topological polar surface area (TPSA) is 35.8 Å². The van der Waals surface area contributed by atoms with Crippen LogP contribution in [0.25, 0.3) is 0 Å². The summed E-state index contributed by atoms with van der Waals surface area (Å²) in [7, 11) is 1.94. The second-order valence-corrected chi connectivity index (χ2v) is 3.02. The molecule has 0 aromatic rings. The van der Waals surface area contributed by atoms with Crippen LogP contribution in [0.1, 0.15) is 26.2 Å². The molecule has 0 spiro atoms. The van der Waals surface area contributed by atoms with E-state index in [4.69, 9.17) is 5.26 Å². The van der Waals surface area contributed by atoms with Crippen molar-refractivity contribution in [2.75, 3.05) is 7.05 Å². The SMILES string of the molecule is CCC(NC)C1(C#N)CC1. The normalized spacial score (nSPS) is 23.3. The van der Waals surface area contributed by atoms with Crippen molar-refractivity contribution in [2.45, 2.75) is 32.2 Å². The molecular weight excluding hydrogens is 124 g/mol. The van der Waals surface area contributed by atoms with Crippen molar-refractivity contribution < 1.29 is 0 Å². The van der Waals surface area contributed by atoms with Gasteiger partial charge in [0, 0.05) is 6.04 Å². The number of nitrogens with zero attached hydrogens (tertiary/aromatic N) is 1. The molecule has 0 radical (unpaired) electrons. The molecule has 0 bridgehead atoms. The average Bonchev–Trinajstić information content (AvgIpc) is 2.72. The van der Waals surface area contributed by atoms with E-state index >= 15 is 0 Å². The number of hydrogen-bond donors (Lipinski definition) is 1. The number of nitrogens with one attached hydrogen (secondary N) is 1. The zero-order valence-electron chi connectivity index (χ0n) is 6.65. The van der Waals surface area contributed by atoms with Gasteiger partial charge in [-0.15, -0.1) is 0 Å². The Morgan fingerprint density at radius 3 is 2.40 bits per heavy atom. The Kier molecular flexibility index (Phi) is 1.96. The molecule has 1 aliphatic carbocycles. The molecule has 2 nitrogen and oxygen atoms in total. The first kappa shape index (κ1) is 7.56. The fraction of sp³-hybridized carbons (Fsp3) is 0.875. The van der Waals surface area contributed by atoms with Gasteiger partial charge >= 0.3 is 0 Å². The quantitative estimate of drug-likeness (QED) is 0.637. The van der Waals surface area contributed by atoms with Gasteiger partial charge in [-0.1, -0.05) is 6.92 Å². The highest BCUT2D eigenvalue weighted by molar-refractivity contribution is 5.15. The molecular formula is C8H14N2. The molecule has 10 heavy (non-hydrogen) atoms. The highest BCUT2D eigenvalue weighted by atomic mass is 14.9. The van der Waals surface area contributed by atoms with Gasteiger partial charge in [0.15, 0.2) is 0 Å². The minimum atomic E-state index is 0.00347. The van der Waals surface area contributed by atoms with Gasteiger partial charge in [-0.25, -0.2) is 0 Å². The van der Waals surface area contributed by atoms with Crippen LogP contribution in [0, 0.1) is 16.7 Å². The van der Waals surface area contributed by atoms with E-state index < -0.39 is 0 Å². The van der Waals surface area contributed by atoms with Crippen LogP contribution in [0.15, 0.2) is 0 Å². The van der Waals surface area contributed by atoms with Crippen molar-refractivity contribution in [3.05, 3.63) is 0 Å². The molecule has 2 heteroatoms. The lowest BCUT2D eigenvalue weighted by atomic mass is 9.96. The lowest BCUT2D eigenvalue weighted by molar-refractivity contribution is 0.416. The molecule has 0 aliphatic heterocycles. The summed E-state index contributed by atoms with van der Waals surface area (Å²) in [6, 6.07) is 2.81. The second-order valence-electron chi connectivity index (χ2n) is 3.02. The van der Waals surface area contributed by atoms with Gasteiger partial charge in [0.25, 0.3) is 0 Å². The highest BCUT2D eigenvalue weighted by Gasteiger charge is 2.48. The van der Waals surface area contributed by atoms with Gasteiger partial charge < -0.3 is 5.32 Å². The molecule has 1 atom stereocenters. The average molecular weight is 138 g/mol. The van der Waals surface area contributed by atoms with Crippen molar-refractivity contribution in [1.29, 1.82) is 5.26 Å².